The molecule has 1 N–H and O–H groups in total. The smallest absolute Gasteiger partial charge is 0.288 e. The molecule has 0 aromatic heterocycles. The summed E-state index contributed by atoms with van der Waals surface area (Å²) in [6, 6.07) is 16.2. The third kappa shape index (κ3) is 4.25. The monoisotopic (exact) mass is 290 g/mol. The molecule has 20 heavy (non-hydrogen) atoms. The molecule has 0 fully saturated rings. The minimum absolute atomic E-state index is 0.534. The summed E-state index contributed by atoms with van der Waals surface area (Å²) in [4.78, 5) is 0.545. The first-order valence-electron chi connectivity index (χ1n) is 5.95. The summed E-state index contributed by atoms with van der Waals surface area (Å²) in [6.45, 7) is 0.618. The molecule has 0 amide bonds. The van der Waals surface area contributed by atoms with Crippen molar-refractivity contribution in [1.29, 1.82) is 5.26 Å². The molecule has 0 unspecified atom stereocenters. The third-order valence-electron chi connectivity index (χ3n) is 2.66. The van der Waals surface area contributed by atoms with E-state index in [4.69, 9.17) is 5.26 Å². The van der Waals surface area contributed by atoms with Crippen LogP contribution >= 0.6 is 11.8 Å². The Kier molecular flexibility index (Phi) is 4.97. The lowest BCUT2D eigenvalue weighted by atomic mass is 10.1. The van der Waals surface area contributed by atoms with Gasteiger partial charge in [0.1, 0.15) is 0 Å². The molecule has 0 radical (unpaired) electrons. The van der Waals surface area contributed by atoms with Crippen LogP contribution in [-0.4, -0.2) is 5.76 Å². The molecule has 102 valence electrons. The van der Waals surface area contributed by atoms with Gasteiger partial charge in [-0.3, -0.25) is 0 Å². The summed E-state index contributed by atoms with van der Waals surface area (Å²) in [5.74, 6) is -2.40. The number of benzene rings is 2. The number of hydrogen-bond donors (Lipinski definition) is 1. The molecule has 2 rings (SSSR count). The van der Waals surface area contributed by atoms with E-state index in [0.29, 0.717) is 28.8 Å². The van der Waals surface area contributed by atoms with Crippen LogP contribution in [0.3, 0.4) is 0 Å². The normalized spacial score (nSPS) is 10.3. The van der Waals surface area contributed by atoms with Crippen molar-refractivity contribution in [2.24, 2.45) is 0 Å². The lowest BCUT2D eigenvalue weighted by Gasteiger charge is -2.07. The topological polar surface area (TPSA) is 35.8 Å². The molecule has 0 aliphatic rings. The second kappa shape index (κ2) is 6.92. The zero-order valence-electron chi connectivity index (χ0n) is 10.5. The van der Waals surface area contributed by atoms with Crippen LogP contribution in [0.4, 0.5) is 14.5 Å². The van der Waals surface area contributed by atoms with Crippen LogP contribution in [0.25, 0.3) is 0 Å². The van der Waals surface area contributed by atoms with Gasteiger partial charge in [0, 0.05) is 17.1 Å². The van der Waals surface area contributed by atoms with Gasteiger partial charge in [-0.15, -0.1) is 0 Å². The van der Waals surface area contributed by atoms with Crippen molar-refractivity contribution in [2.45, 2.75) is 17.2 Å². The van der Waals surface area contributed by atoms with E-state index in [1.165, 1.54) is 0 Å². The van der Waals surface area contributed by atoms with E-state index in [-0.39, 0.29) is 0 Å². The first-order chi connectivity index (χ1) is 9.67. The van der Waals surface area contributed by atoms with Gasteiger partial charge >= 0.3 is 0 Å². The molecule has 0 saturated carbocycles. The molecule has 0 spiro atoms. The van der Waals surface area contributed by atoms with Crippen molar-refractivity contribution in [1.82, 2.24) is 0 Å². The highest BCUT2D eigenvalue weighted by Crippen LogP contribution is 2.26. The Balaban J connectivity index is 1.91. The van der Waals surface area contributed by atoms with Crippen LogP contribution in [0.5, 0.6) is 0 Å². The molecule has 2 aromatic carbocycles. The Bertz CT molecular complexity index is 589. The van der Waals surface area contributed by atoms with Crippen LogP contribution in [0, 0.1) is 11.3 Å². The molecular formula is C15H12F2N2S. The minimum Gasteiger partial charge on any atom is -0.381 e. The number of nitrogens with zero attached hydrogens (tertiary/aromatic N) is 1. The van der Waals surface area contributed by atoms with Crippen LogP contribution in [-0.2, 0) is 6.54 Å². The van der Waals surface area contributed by atoms with Gasteiger partial charge in [0.05, 0.1) is 11.6 Å². The molecule has 2 nitrogen and oxygen atoms in total. The largest absolute Gasteiger partial charge is 0.381 e. The van der Waals surface area contributed by atoms with Gasteiger partial charge in [-0.2, -0.15) is 14.0 Å². The third-order valence-corrected chi connectivity index (χ3v) is 3.38. The van der Waals surface area contributed by atoms with Crippen molar-refractivity contribution in [3.05, 3.63) is 59.7 Å². The van der Waals surface area contributed by atoms with Gasteiger partial charge in [0.15, 0.2) is 0 Å². The van der Waals surface area contributed by atoms with Gasteiger partial charge in [-0.05, 0) is 42.0 Å². The summed E-state index contributed by atoms with van der Waals surface area (Å²) in [5.41, 5.74) is 2.55. The second-order valence-corrected chi connectivity index (χ2v) is 5.13. The summed E-state index contributed by atoms with van der Waals surface area (Å²) in [7, 11) is 0. The molecular weight excluding hydrogens is 278 g/mol. The van der Waals surface area contributed by atoms with Crippen LogP contribution in [0.1, 0.15) is 11.1 Å². The van der Waals surface area contributed by atoms with E-state index in [1.807, 2.05) is 12.1 Å². The lowest BCUT2D eigenvalue weighted by Crippen LogP contribution is -1.99. The van der Waals surface area contributed by atoms with Crippen LogP contribution < -0.4 is 5.32 Å². The average Bonchev–Trinajstić information content (AvgIpc) is 2.46. The first-order valence-corrected chi connectivity index (χ1v) is 6.83. The zero-order valence-corrected chi connectivity index (χ0v) is 11.3. The van der Waals surface area contributed by atoms with Crippen molar-refractivity contribution in [3.63, 3.8) is 0 Å². The Labute approximate surface area is 120 Å². The number of halogens is 2. The van der Waals surface area contributed by atoms with Crippen molar-refractivity contribution in [2.75, 3.05) is 5.32 Å². The van der Waals surface area contributed by atoms with E-state index >= 15 is 0 Å². The van der Waals surface area contributed by atoms with E-state index in [1.54, 1.807) is 36.4 Å². The lowest BCUT2D eigenvalue weighted by molar-refractivity contribution is 0.252. The number of rotatable bonds is 5. The Morgan fingerprint density at radius 1 is 1.05 bits per heavy atom. The summed E-state index contributed by atoms with van der Waals surface area (Å²) < 4.78 is 24.4. The van der Waals surface area contributed by atoms with Gasteiger partial charge in [0.2, 0.25) is 0 Å². The fraction of sp³-hybridized carbons (Fsp3) is 0.133. The Morgan fingerprint density at radius 2 is 1.70 bits per heavy atom. The Morgan fingerprint density at radius 3 is 2.25 bits per heavy atom. The van der Waals surface area contributed by atoms with E-state index < -0.39 is 5.76 Å². The standard InChI is InChI=1S/C15H12F2N2S/c16-15(17)20-14-7-5-13(6-8-14)19-10-12-3-1-11(9-18)2-4-12/h1-8,15,19H,10H2. The quantitative estimate of drug-likeness (QED) is 0.824. The molecule has 0 heterocycles. The van der Waals surface area contributed by atoms with Crippen molar-refractivity contribution >= 4 is 17.4 Å². The predicted molar refractivity (Wildman–Crippen MR) is 76.8 cm³/mol. The zero-order chi connectivity index (χ0) is 14.4. The highest BCUT2D eigenvalue weighted by atomic mass is 32.2. The number of thioether (sulfide) groups is 1. The maximum atomic E-state index is 12.2. The molecule has 0 saturated heterocycles. The van der Waals surface area contributed by atoms with Crippen LogP contribution in [0.2, 0.25) is 0 Å². The second-order valence-electron chi connectivity index (χ2n) is 4.07. The Hall–Kier alpha value is -2.06. The van der Waals surface area contributed by atoms with Crippen molar-refractivity contribution in [3.8, 4) is 6.07 Å². The average molecular weight is 290 g/mol. The summed E-state index contributed by atoms with van der Waals surface area (Å²) >= 11 is 0.534. The maximum Gasteiger partial charge on any atom is 0.288 e. The van der Waals surface area contributed by atoms with Gasteiger partial charge in [-0.25, -0.2) is 0 Å². The predicted octanol–water partition coefficient (Wildman–Crippen LogP) is 4.49. The van der Waals surface area contributed by atoms with E-state index in [9.17, 15) is 8.78 Å². The number of nitrogens with one attached hydrogen (secondary N) is 1. The fourth-order valence-electron chi connectivity index (χ4n) is 1.66. The molecule has 0 aliphatic heterocycles. The molecule has 0 atom stereocenters. The molecule has 0 bridgehead atoms. The summed E-state index contributed by atoms with van der Waals surface area (Å²) in [5, 5.41) is 11.9. The van der Waals surface area contributed by atoms with Crippen molar-refractivity contribution < 1.29 is 8.78 Å². The minimum atomic E-state index is -2.40. The number of anilines is 1. The highest BCUT2D eigenvalue weighted by molar-refractivity contribution is 7.99. The fourth-order valence-corrected chi connectivity index (χ4v) is 2.15. The van der Waals surface area contributed by atoms with Gasteiger partial charge < -0.3 is 5.32 Å². The van der Waals surface area contributed by atoms with Gasteiger partial charge in [0.25, 0.3) is 5.76 Å². The summed E-state index contributed by atoms with van der Waals surface area (Å²) in [6.07, 6.45) is 0. The van der Waals surface area contributed by atoms with E-state index in [0.717, 1.165) is 11.3 Å². The van der Waals surface area contributed by atoms with E-state index in [2.05, 4.69) is 11.4 Å². The van der Waals surface area contributed by atoms with Gasteiger partial charge in [-0.1, -0.05) is 23.9 Å². The maximum absolute atomic E-state index is 12.2. The molecule has 5 heteroatoms. The number of hydrogen-bond acceptors (Lipinski definition) is 3. The molecule has 0 aliphatic carbocycles. The first kappa shape index (κ1) is 14.4. The number of nitriles is 1. The molecule has 2 aromatic rings. The SMILES string of the molecule is N#Cc1ccc(CNc2ccc(SC(F)F)cc2)cc1. The van der Waals surface area contributed by atoms with Crippen LogP contribution in [0.15, 0.2) is 53.4 Å². The highest BCUT2D eigenvalue weighted by Gasteiger charge is 2.04. The number of alkyl halides is 2.